The number of nitrogens with two attached hydrogens (primary N) is 2. The number of carbonyl (C=O) groups is 2. The van der Waals surface area contributed by atoms with Gasteiger partial charge in [-0.15, -0.1) is 8.67 Å². The second-order valence-electron chi connectivity index (χ2n) is 26.7. The number of piperazine rings is 1. The van der Waals surface area contributed by atoms with Gasteiger partial charge in [0.25, 0.3) is 40.3 Å². The Morgan fingerprint density at radius 3 is 1.48 bits per heavy atom. The lowest BCUT2D eigenvalue weighted by molar-refractivity contribution is -0.432. The van der Waals surface area contributed by atoms with E-state index in [2.05, 4.69) is 98.8 Å². The van der Waals surface area contributed by atoms with Gasteiger partial charge in [0.1, 0.15) is 25.4 Å². The molecule has 0 spiro atoms. The third-order valence-electron chi connectivity index (χ3n) is 19.5. The predicted molar refractivity (Wildman–Crippen MR) is 448 cm³/mol. The van der Waals surface area contributed by atoms with Crippen LogP contribution in [0.25, 0.3) is 44.1 Å². The molecule has 42 nitrogen and oxygen atoms in total. The van der Waals surface area contributed by atoms with Crippen molar-refractivity contribution in [2.75, 3.05) is 87.1 Å². The van der Waals surface area contributed by atoms with Crippen molar-refractivity contribution in [3.05, 3.63) is 179 Å². The molecule has 0 atom stereocenters. The van der Waals surface area contributed by atoms with Crippen molar-refractivity contribution >= 4 is 215 Å². The first-order valence-corrected chi connectivity index (χ1v) is 43.0. The largest absolute Gasteiger partial charge is 0.368 e. The molecular formula is C74H56N24O18S6. The number of nitrogens with zero attached hydrogens (tertiary/aromatic N) is 15. The third kappa shape index (κ3) is 15.2. The molecule has 17 rings (SSSR count). The fourth-order valence-electron chi connectivity index (χ4n) is 14.5. The summed E-state index contributed by atoms with van der Waals surface area (Å²) in [7, 11) is -19.0. The van der Waals surface area contributed by atoms with Crippen LogP contribution in [0.15, 0.2) is 195 Å². The van der Waals surface area contributed by atoms with Gasteiger partial charge in [-0.3, -0.25) is 33.1 Å². The Bertz CT molecular complexity index is 7160. The summed E-state index contributed by atoms with van der Waals surface area (Å²) >= 11 is 0.549. The summed E-state index contributed by atoms with van der Waals surface area (Å²) in [6.45, 7) is 3.99. The molecule has 0 saturated carbocycles. The van der Waals surface area contributed by atoms with Crippen LogP contribution in [0, 0.1) is 11.3 Å². The summed E-state index contributed by atoms with van der Waals surface area (Å²) in [5, 5.41) is 51.7. The van der Waals surface area contributed by atoms with E-state index in [9.17, 15) is 58.6 Å². The molecule has 4 aromatic heterocycles. The Labute approximate surface area is 697 Å². The molecule has 7 heterocycles. The number of ketones is 2. The number of anilines is 13. The number of benzene rings is 8. The van der Waals surface area contributed by atoms with Gasteiger partial charge in [-0.1, -0.05) is 82.9 Å². The maximum Gasteiger partial charge on any atom is 0.296 e. The highest BCUT2D eigenvalue weighted by Gasteiger charge is 2.40. The number of nitrogens with one attached hydrogen (secondary N) is 7. The Balaban J connectivity index is 0.674. The number of sulfonamides is 2. The molecule has 0 bridgehead atoms. The molecule has 1 saturated heterocycles. The number of nitriles is 1. The Kier molecular flexibility index (Phi) is 21.1. The summed E-state index contributed by atoms with van der Waals surface area (Å²) < 4.78 is 147. The summed E-state index contributed by atoms with van der Waals surface area (Å²) in [5.41, 5.74) is 14.0. The topological polar surface area (TPSA) is 608 Å². The smallest absolute Gasteiger partial charge is 0.296 e. The molecule has 8 aromatic carbocycles. The molecule has 2 aliphatic carbocycles. The van der Waals surface area contributed by atoms with Crippen LogP contribution in [0.5, 0.6) is 0 Å². The van der Waals surface area contributed by atoms with Crippen LogP contribution in [0.1, 0.15) is 49.4 Å². The number of hydrogen-bond donors (Lipinski definition) is 13. The van der Waals surface area contributed by atoms with Crippen molar-refractivity contribution in [2.45, 2.75) is 35.8 Å². The fourth-order valence-corrected chi connectivity index (χ4v) is 19.2. The molecule has 616 valence electrons. The first-order valence-electron chi connectivity index (χ1n) is 35.7. The number of amidine groups is 2. The number of fused-ring (bicyclic) bond motifs is 6. The van der Waals surface area contributed by atoms with E-state index < -0.39 is 67.3 Å². The molecule has 48 heteroatoms. The average Bonchev–Trinajstić information content (AvgIpc) is 0.710. The highest BCUT2D eigenvalue weighted by atomic mass is 32.2. The van der Waals surface area contributed by atoms with Crippen molar-refractivity contribution in [3.8, 4) is 28.3 Å². The number of hydrogen-bond acceptors (Lipinski definition) is 40. The van der Waals surface area contributed by atoms with Crippen LogP contribution in [-0.4, -0.2) is 169 Å². The minimum Gasteiger partial charge on any atom is -0.368 e. The van der Waals surface area contributed by atoms with Gasteiger partial charge in [0, 0.05) is 72.0 Å². The molecule has 122 heavy (non-hydrogen) atoms. The highest BCUT2D eigenvalue weighted by molar-refractivity contribution is 7.95. The van der Waals surface area contributed by atoms with Crippen molar-refractivity contribution in [1.82, 2.24) is 49.3 Å². The van der Waals surface area contributed by atoms with Gasteiger partial charge in [0.15, 0.2) is 29.1 Å². The van der Waals surface area contributed by atoms with Crippen molar-refractivity contribution in [3.63, 3.8) is 0 Å². The standard InChI is InChI=1S/C74H56N24O18S6/c1-78-25-26-80-66-62(68-84-40-16-7-9-18-52(40)120(105,106)96-68)56-36-12-3-5-14-38(36)64(100)60-44(22-20-42(86-66)58(56)60)82-47-32-46(50(118-116-114-102)34-53(47)121(107,108)109)87-71-89-69(76)91-73(93-71)97-27-29-98(30-28-97)74-92-70(77)90-72(94-74)88-48-31-45(49(117-115-113-101)33-54(48)122(110,111)112)81-43-21-19-41-57-55(35-11-2-4-13-37(35)63(99)59(43)57)61(65(85-41)79-24-10-23-75)67-83-39-15-6-8-17-51(39)119(103,104)95-67/h2-9,11-22,26,31-34,81-82,101-102H,1,10,24-25,27-30H2,(H,79,85)(H,83,95)(H,84,96)(H,107,108,109)(H,110,111,112)(H3,76,87,89,91,93)(H3,77,88,90,92,94). The van der Waals surface area contributed by atoms with Crippen molar-refractivity contribution in [1.29, 1.82) is 5.26 Å². The molecule has 5 aliphatic rings. The van der Waals surface area contributed by atoms with Gasteiger partial charge in [-0.25, -0.2) is 52.3 Å². The zero-order chi connectivity index (χ0) is 85.3. The van der Waals surface area contributed by atoms with Gasteiger partial charge in [-0.2, -0.15) is 52.0 Å². The van der Waals surface area contributed by atoms with E-state index in [1.54, 1.807) is 82.6 Å². The van der Waals surface area contributed by atoms with Crippen LogP contribution in [0.3, 0.4) is 0 Å². The first kappa shape index (κ1) is 80.5. The minimum atomic E-state index is -5.25. The molecule has 0 unspecified atom stereocenters. The first-order chi connectivity index (χ1) is 58.7. The second kappa shape index (κ2) is 32.0. The van der Waals surface area contributed by atoms with Crippen molar-refractivity contribution in [2.24, 2.45) is 20.0 Å². The molecule has 0 radical (unpaired) electrons. The van der Waals surface area contributed by atoms with Gasteiger partial charge >= 0.3 is 0 Å². The average molecular weight is 1760 g/mol. The maximum atomic E-state index is 15.2. The molecular weight excluding hydrogens is 1710 g/mol. The molecule has 3 aliphatic heterocycles. The van der Waals surface area contributed by atoms with Gasteiger partial charge in [-0.05, 0) is 90.6 Å². The van der Waals surface area contributed by atoms with Gasteiger partial charge < -0.3 is 47.9 Å². The minimum absolute atomic E-state index is 0.0104. The predicted octanol–water partition coefficient (Wildman–Crippen LogP) is 9.86. The Morgan fingerprint density at radius 1 is 0.541 bits per heavy atom. The summed E-state index contributed by atoms with van der Waals surface area (Å²) in [6, 6.07) is 37.4. The van der Waals surface area contributed by atoms with Crippen LogP contribution in [0.2, 0.25) is 0 Å². The van der Waals surface area contributed by atoms with Crippen LogP contribution in [-0.2, 0) is 59.0 Å². The van der Waals surface area contributed by atoms with Gasteiger partial charge in [0.05, 0.1) is 132 Å². The van der Waals surface area contributed by atoms with E-state index in [1.165, 1.54) is 66.9 Å². The van der Waals surface area contributed by atoms with E-state index in [0.717, 1.165) is 12.1 Å². The number of pyridine rings is 2. The lowest BCUT2D eigenvalue weighted by Crippen LogP contribution is -2.48. The number of aromatic nitrogens is 8. The maximum absolute atomic E-state index is 15.2. The molecule has 15 N–H and O–H groups in total. The molecule has 0 amide bonds. The lowest BCUT2D eigenvalue weighted by atomic mass is 9.81. The lowest BCUT2D eigenvalue weighted by Gasteiger charge is -2.34. The number of rotatable bonds is 26. The zero-order valence-electron chi connectivity index (χ0n) is 61.9. The monoisotopic (exact) mass is 1760 g/mol. The normalized spacial score (nSPS) is 14.7. The summed E-state index contributed by atoms with van der Waals surface area (Å²) in [4.78, 5) is 85.7. The Morgan fingerprint density at radius 2 is 0.984 bits per heavy atom. The van der Waals surface area contributed by atoms with Crippen molar-refractivity contribution < 1.29 is 81.6 Å². The SMILES string of the molecule is C=NCC=Nc1nc2ccc(Nc3cc(Nc4nc(N)nc(N5CCN(c6nc(N)nc(Nc7cc(Nc8ccc9nc(NCCC#N)c(C%10=Nc%11ccccc%11S(=O)(=O)N%10)c%10c9c8C(=O)c8ccccc8-%10)c(SOOO)cc7S(=O)(=O)O)n6)CC5)n4)c(SOOO)cc3S(=O)(=O)O)c3c2c(c1C1=Nc2ccccc2S(=O)(=O)N1)-c1ccccc1C3=O. The molecule has 12 aromatic rings. The summed E-state index contributed by atoms with van der Waals surface area (Å²) in [6.07, 6.45) is 1.41. The van der Waals surface area contributed by atoms with Crippen LogP contribution < -0.4 is 57.3 Å². The third-order valence-corrected chi connectivity index (χ3v) is 25.3. The quantitative estimate of drug-likeness (QED) is 0.00598. The van der Waals surface area contributed by atoms with Gasteiger partial charge in [0.2, 0.25) is 35.7 Å². The number of nitrogen functional groups attached to an aromatic ring is 2. The summed E-state index contributed by atoms with van der Waals surface area (Å²) in [5.74, 6) is -2.79. The highest BCUT2D eigenvalue weighted by Crippen LogP contribution is 2.51. The van der Waals surface area contributed by atoms with E-state index in [0.29, 0.717) is 16.7 Å². The van der Waals surface area contributed by atoms with E-state index in [4.69, 9.17) is 40.1 Å². The number of carbonyl (C=O) groups excluding carboxylic acids is 2. The van der Waals surface area contributed by atoms with E-state index in [-0.39, 0.29) is 249 Å². The molecule has 1 fully saturated rings. The fraction of sp³-hybridized carbons (Fsp3) is 0.0946. The number of aliphatic imine (C=N–C) groups is 4. The number of para-hydroxylation sites is 2. The van der Waals surface area contributed by atoms with Crippen LogP contribution >= 0.6 is 24.1 Å². The van der Waals surface area contributed by atoms with E-state index >= 15 is 9.59 Å². The second-order valence-corrected chi connectivity index (χ2v) is 34.3. The van der Waals surface area contributed by atoms with Crippen LogP contribution in [0.4, 0.5) is 92.8 Å². The Hall–Kier alpha value is -13.9. The van der Waals surface area contributed by atoms with E-state index in [1.807, 2.05) is 0 Å². The zero-order valence-corrected chi connectivity index (χ0v) is 66.8.